The van der Waals surface area contributed by atoms with Gasteiger partial charge in [-0.15, -0.1) is 0 Å². The molecule has 0 saturated heterocycles. The second kappa shape index (κ2) is 8.84. The molecule has 8 nitrogen and oxygen atoms in total. The number of ether oxygens (including phenoxy) is 2. The van der Waals surface area contributed by atoms with E-state index in [0.717, 1.165) is 17.5 Å². The minimum atomic E-state index is -0.603. The predicted octanol–water partition coefficient (Wildman–Crippen LogP) is 4.47. The standard InChI is InChI=1S/C23H20FN5O3/c1-14-15(2)29(13-27-14)21-11-22(26-12-25-21)32-18-7-5-17(6-8-18)28-23(30)16-4-9-20(31-3)19(24)10-16/h4-13H,1-3H3,(H,28,30). The molecule has 0 aliphatic heterocycles. The summed E-state index contributed by atoms with van der Waals surface area (Å²) in [7, 11) is 1.36. The van der Waals surface area contributed by atoms with Crippen LogP contribution < -0.4 is 14.8 Å². The lowest BCUT2D eigenvalue weighted by Gasteiger charge is -2.09. The Morgan fingerprint density at radius 2 is 1.81 bits per heavy atom. The lowest BCUT2D eigenvalue weighted by molar-refractivity contribution is 0.102. The van der Waals surface area contributed by atoms with E-state index in [9.17, 15) is 9.18 Å². The molecule has 0 atom stereocenters. The summed E-state index contributed by atoms with van der Waals surface area (Å²) in [5.74, 6) is 0.576. The zero-order chi connectivity index (χ0) is 22.7. The lowest BCUT2D eigenvalue weighted by Crippen LogP contribution is -2.12. The first-order valence-corrected chi connectivity index (χ1v) is 9.70. The number of methoxy groups -OCH3 is 1. The molecule has 2 aromatic heterocycles. The number of hydrogen-bond donors (Lipinski definition) is 1. The normalized spacial score (nSPS) is 10.6. The van der Waals surface area contributed by atoms with Crippen LogP contribution in [0.2, 0.25) is 0 Å². The molecule has 32 heavy (non-hydrogen) atoms. The number of nitrogens with one attached hydrogen (secondary N) is 1. The van der Waals surface area contributed by atoms with Crippen molar-refractivity contribution in [3.63, 3.8) is 0 Å². The minimum absolute atomic E-state index is 0.0780. The van der Waals surface area contributed by atoms with Crippen LogP contribution in [-0.4, -0.2) is 32.5 Å². The topological polar surface area (TPSA) is 91.2 Å². The Bertz CT molecular complexity index is 1270. The van der Waals surface area contributed by atoms with Crippen LogP contribution in [0, 0.1) is 19.7 Å². The van der Waals surface area contributed by atoms with Gasteiger partial charge < -0.3 is 14.8 Å². The maximum atomic E-state index is 13.8. The molecule has 0 spiro atoms. The lowest BCUT2D eigenvalue weighted by atomic mass is 10.2. The van der Waals surface area contributed by atoms with Gasteiger partial charge in [0, 0.05) is 23.0 Å². The summed E-state index contributed by atoms with van der Waals surface area (Å²) in [5, 5.41) is 2.72. The molecule has 0 radical (unpaired) electrons. The minimum Gasteiger partial charge on any atom is -0.494 e. The first kappa shape index (κ1) is 21.0. The number of rotatable bonds is 6. The third-order valence-corrected chi connectivity index (χ3v) is 4.87. The van der Waals surface area contributed by atoms with Crippen molar-refractivity contribution in [2.24, 2.45) is 0 Å². The molecule has 0 aliphatic carbocycles. The number of imidazole rings is 1. The van der Waals surface area contributed by atoms with E-state index >= 15 is 0 Å². The number of amides is 1. The average Bonchev–Trinajstić information content (AvgIpc) is 3.13. The highest BCUT2D eigenvalue weighted by Gasteiger charge is 2.11. The molecular formula is C23H20FN5O3. The molecule has 0 saturated carbocycles. The number of benzene rings is 2. The fraction of sp³-hybridized carbons (Fsp3) is 0.130. The molecule has 0 aliphatic rings. The zero-order valence-electron chi connectivity index (χ0n) is 17.7. The summed E-state index contributed by atoms with van der Waals surface area (Å²) < 4.78 is 26.4. The zero-order valence-corrected chi connectivity index (χ0v) is 17.7. The number of anilines is 1. The number of aryl methyl sites for hydroxylation is 1. The Balaban J connectivity index is 1.44. The maximum Gasteiger partial charge on any atom is 0.255 e. The molecule has 0 unspecified atom stereocenters. The summed E-state index contributed by atoms with van der Waals surface area (Å²) in [6.45, 7) is 3.88. The van der Waals surface area contributed by atoms with Crippen molar-refractivity contribution < 1.29 is 18.7 Å². The second-order valence-electron chi connectivity index (χ2n) is 6.93. The van der Waals surface area contributed by atoms with Crippen molar-refractivity contribution in [2.45, 2.75) is 13.8 Å². The van der Waals surface area contributed by atoms with Gasteiger partial charge in [-0.25, -0.2) is 19.3 Å². The number of hydrogen-bond acceptors (Lipinski definition) is 6. The summed E-state index contributed by atoms with van der Waals surface area (Å²) in [6.07, 6.45) is 3.12. The number of nitrogens with zero attached hydrogens (tertiary/aromatic N) is 4. The second-order valence-corrected chi connectivity index (χ2v) is 6.93. The van der Waals surface area contributed by atoms with Gasteiger partial charge in [-0.1, -0.05) is 0 Å². The molecule has 1 N–H and O–H groups in total. The fourth-order valence-corrected chi connectivity index (χ4v) is 2.99. The summed E-state index contributed by atoms with van der Waals surface area (Å²) in [4.78, 5) is 25.1. The predicted molar refractivity (Wildman–Crippen MR) is 116 cm³/mol. The molecule has 0 fully saturated rings. The summed E-state index contributed by atoms with van der Waals surface area (Å²) in [5.41, 5.74) is 2.61. The van der Waals surface area contributed by atoms with Gasteiger partial charge in [-0.2, -0.15) is 0 Å². The highest BCUT2D eigenvalue weighted by molar-refractivity contribution is 6.04. The third kappa shape index (κ3) is 4.41. The Hall–Kier alpha value is -4.27. The first-order chi connectivity index (χ1) is 15.4. The Morgan fingerprint density at radius 1 is 1.03 bits per heavy atom. The van der Waals surface area contributed by atoms with E-state index in [0.29, 0.717) is 23.1 Å². The van der Waals surface area contributed by atoms with Gasteiger partial charge in [-0.3, -0.25) is 9.36 Å². The van der Waals surface area contributed by atoms with Crippen molar-refractivity contribution in [3.05, 3.63) is 84.0 Å². The van der Waals surface area contributed by atoms with E-state index in [-0.39, 0.29) is 11.3 Å². The van der Waals surface area contributed by atoms with Crippen molar-refractivity contribution in [1.82, 2.24) is 19.5 Å². The molecular weight excluding hydrogens is 413 g/mol. The van der Waals surface area contributed by atoms with Gasteiger partial charge in [0.05, 0.1) is 12.8 Å². The van der Waals surface area contributed by atoms with E-state index in [2.05, 4.69) is 20.3 Å². The summed E-state index contributed by atoms with van der Waals surface area (Å²) in [6, 6.07) is 12.5. The first-order valence-electron chi connectivity index (χ1n) is 9.70. The molecule has 9 heteroatoms. The molecule has 4 rings (SSSR count). The maximum absolute atomic E-state index is 13.8. The van der Waals surface area contributed by atoms with Crippen LogP contribution >= 0.6 is 0 Å². The largest absolute Gasteiger partial charge is 0.494 e. The average molecular weight is 433 g/mol. The smallest absolute Gasteiger partial charge is 0.255 e. The van der Waals surface area contributed by atoms with Gasteiger partial charge in [0.15, 0.2) is 11.6 Å². The molecule has 0 bridgehead atoms. The van der Waals surface area contributed by atoms with Crippen molar-refractivity contribution in [2.75, 3.05) is 12.4 Å². The van der Waals surface area contributed by atoms with Crippen LogP contribution in [0.4, 0.5) is 10.1 Å². The Morgan fingerprint density at radius 3 is 2.47 bits per heavy atom. The van der Waals surface area contributed by atoms with E-state index in [4.69, 9.17) is 9.47 Å². The van der Waals surface area contributed by atoms with Crippen LogP contribution in [-0.2, 0) is 0 Å². The van der Waals surface area contributed by atoms with Crippen molar-refractivity contribution >= 4 is 11.6 Å². The third-order valence-electron chi connectivity index (χ3n) is 4.87. The monoisotopic (exact) mass is 433 g/mol. The van der Waals surface area contributed by atoms with Gasteiger partial charge in [0.25, 0.3) is 5.91 Å². The molecule has 2 aromatic carbocycles. The van der Waals surface area contributed by atoms with E-state index in [1.54, 1.807) is 36.7 Å². The highest BCUT2D eigenvalue weighted by Crippen LogP contribution is 2.24. The van der Waals surface area contributed by atoms with E-state index in [1.165, 1.54) is 25.6 Å². The van der Waals surface area contributed by atoms with Crippen LogP contribution in [0.15, 0.2) is 61.2 Å². The van der Waals surface area contributed by atoms with Gasteiger partial charge in [-0.05, 0) is 56.3 Å². The number of aromatic nitrogens is 4. The molecule has 1 amide bonds. The summed E-state index contributed by atoms with van der Waals surface area (Å²) >= 11 is 0. The van der Waals surface area contributed by atoms with E-state index in [1.807, 2.05) is 18.4 Å². The fourth-order valence-electron chi connectivity index (χ4n) is 2.99. The van der Waals surface area contributed by atoms with Gasteiger partial charge in [0.1, 0.15) is 24.2 Å². The number of carbonyl (C=O) groups is 1. The van der Waals surface area contributed by atoms with Crippen molar-refractivity contribution in [3.8, 4) is 23.2 Å². The quantitative estimate of drug-likeness (QED) is 0.482. The molecule has 2 heterocycles. The van der Waals surface area contributed by atoms with Gasteiger partial charge >= 0.3 is 0 Å². The SMILES string of the molecule is COc1ccc(C(=O)Nc2ccc(Oc3cc(-n4cnc(C)c4C)ncn3)cc2)cc1F. The number of carbonyl (C=O) groups excluding carboxylic acids is 1. The van der Waals surface area contributed by atoms with Crippen LogP contribution in [0.25, 0.3) is 5.82 Å². The van der Waals surface area contributed by atoms with Gasteiger partial charge in [0.2, 0.25) is 5.88 Å². The molecule has 162 valence electrons. The Labute approximate surface area is 183 Å². The van der Waals surface area contributed by atoms with E-state index < -0.39 is 11.7 Å². The van der Waals surface area contributed by atoms with Crippen LogP contribution in [0.3, 0.4) is 0 Å². The number of halogens is 1. The molecule has 4 aromatic rings. The Kier molecular flexibility index (Phi) is 5.80. The highest BCUT2D eigenvalue weighted by atomic mass is 19.1. The van der Waals surface area contributed by atoms with Crippen molar-refractivity contribution in [1.29, 1.82) is 0 Å². The van der Waals surface area contributed by atoms with Crippen LogP contribution in [0.1, 0.15) is 21.7 Å². The van der Waals surface area contributed by atoms with Crippen LogP contribution in [0.5, 0.6) is 17.4 Å².